The van der Waals surface area contributed by atoms with E-state index in [1.165, 1.54) is 24.0 Å². The second kappa shape index (κ2) is 8.71. The van der Waals surface area contributed by atoms with Crippen molar-refractivity contribution in [2.75, 3.05) is 19.5 Å². The molecule has 5 heteroatoms. The van der Waals surface area contributed by atoms with Crippen molar-refractivity contribution in [3.8, 4) is 11.5 Å². The van der Waals surface area contributed by atoms with Gasteiger partial charge in [-0.15, -0.1) is 0 Å². The van der Waals surface area contributed by atoms with Crippen LogP contribution in [0.4, 0.5) is 5.69 Å². The van der Waals surface area contributed by atoms with Crippen molar-refractivity contribution in [3.05, 3.63) is 53.1 Å². The fourth-order valence-corrected chi connectivity index (χ4v) is 3.42. The molecule has 142 valence electrons. The molecule has 1 N–H and O–H groups in total. The van der Waals surface area contributed by atoms with Crippen molar-refractivity contribution in [2.24, 2.45) is 0 Å². The van der Waals surface area contributed by atoms with E-state index in [1.54, 1.807) is 32.4 Å². The molecule has 1 amide bonds. The van der Waals surface area contributed by atoms with Crippen molar-refractivity contribution in [1.82, 2.24) is 0 Å². The van der Waals surface area contributed by atoms with E-state index in [4.69, 9.17) is 9.47 Å². The van der Waals surface area contributed by atoms with E-state index in [0.29, 0.717) is 22.7 Å². The summed E-state index contributed by atoms with van der Waals surface area (Å²) in [6.45, 7) is 0. The van der Waals surface area contributed by atoms with Crippen LogP contribution in [0.25, 0.3) is 0 Å². The molecule has 0 saturated carbocycles. The van der Waals surface area contributed by atoms with Crippen molar-refractivity contribution in [3.63, 3.8) is 0 Å². The number of hydrogen-bond donors (Lipinski definition) is 1. The number of hydrogen-bond acceptors (Lipinski definition) is 4. The third-order valence-electron chi connectivity index (χ3n) is 4.92. The fourth-order valence-electron chi connectivity index (χ4n) is 3.42. The van der Waals surface area contributed by atoms with Gasteiger partial charge in [0.2, 0.25) is 5.91 Å². The van der Waals surface area contributed by atoms with E-state index >= 15 is 0 Å². The summed E-state index contributed by atoms with van der Waals surface area (Å²) in [5.41, 5.74) is 3.94. The Balaban J connectivity index is 1.56. The third-order valence-corrected chi connectivity index (χ3v) is 4.92. The summed E-state index contributed by atoms with van der Waals surface area (Å²) in [6.07, 6.45) is 4.87. The van der Waals surface area contributed by atoms with Gasteiger partial charge in [0, 0.05) is 30.2 Å². The zero-order valence-electron chi connectivity index (χ0n) is 15.8. The van der Waals surface area contributed by atoms with E-state index in [9.17, 15) is 9.59 Å². The predicted molar refractivity (Wildman–Crippen MR) is 105 cm³/mol. The maximum Gasteiger partial charge on any atom is 0.224 e. The molecule has 1 aliphatic carbocycles. The maximum absolute atomic E-state index is 12.5. The summed E-state index contributed by atoms with van der Waals surface area (Å²) in [4.78, 5) is 24.7. The zero-order chi connectivity index (χ0) is 19.2. The van der Waals surface area contributed by atoms with Gasteiger partial charge in [0.1, 0.15) is 0 Å². The van der Waals surface area contributed by atoms with Crippen LogP contribution in [0.5, 0.6) is 11.5 Å². The lowest BCUT2D eigenvalue weighted by Crippen LogP contribution is -2.14. The summed E-state index contributed by atoms with van der Waals surface area (Å²) in [5, 5.41) is 2.80. The Kier molecular flexibility index (Phi) is 6.12. The first-order chi connectivity index (χ1) is 13.1. The highest BCUT2D eigenvalue weighted by Crippen LogP contribution is 2.30. The van der Waals surface area contributed by atoms with Crippen LogP contribution in [-0.2, 0) is 17.6 Å². The number of ketones is 1. The normalized spacial score (nSPS) is 12.8. The number of amides is 1. The number of ether oxygens (including phenoxy) is 2. The number of anilines is 1. The molecule has 0 heterocycles. The third kappa shape index (κ3) is 4.67. The SMILES string of the molecule is COc1ccc(NC(=O)CCC(=O)c2ccc3c(c2)CCCC3)cc1OC. The van der Waals surface area contributed by atoms with Gasteiger partial charge < -0.3 is 14.8 Å². The average molecular weight is 367 g/mol. The number of carbonyl (C=O) groups is 2. The van der Waals surface area contributed by atoms with Gasteiger partial charge in [0.05, 0.1) is 14.2 Å². The maximum atomic E-state index is 12.5. The molecule has 3 rings (SSSR count). The van der Waals surface area contributed by atoms with Crippen LogP contribution in [0.3, 0.4) is 0 Å². The molecule has 0 saturated heterocycles. The largest absolute Gasteiger partial charge is 0.493 e. The zero-order valence-corrected chi connectivity index (χ0v) is 15.8. The van der Waals surface area contributed by atoms with Gasteiger partial charge in [0.25, 0.3) is 0 Å². The number of rotatable bonds is 7. The molecule has 0 aliphatic heterocycles. The van der Waals surface area contributed by atoms with E-state index in [1.807, 2.05) is 12.1 Å². The minimum Gasteiger partial charge on any atom is -0.493 e. The molecule has 1 aliphatic rings. The molecule has 27 heavy (non-hydrogen) atoms. The number of fused-ring (bicyclic) bond motifs is 1. The Hall–Kier alpha value is -2.82. The lowest BCUT2D eigenvalue weighted by Gasteiger charge is -2.16. The van der Waals surface area contributed by atoms with Crippen LogP contribution >= 0.6 is 0 Å². The molecule has 2 aromatic carbocycles. The summed E-state index contributed by atoms with van der Waals surface area (Å²) < 4.78 is 10.4. The van der Waals surface area contributed by atoms with Crippen molar-refractivity contribution < 1.29 is 19.1 Å². The van der Waals surface area contributed by atoms with Gasteiger partial charge in [-0.2, -0.15) is 0 Å². The van der Waals surface area contributed by atoms with Gasteiger partial charge in [0.15, 0.2) is 17.3 Å². The minimum atomic E-state index is -0.200. The molecular weight excluding hydrogens is 342 g/mol. The summed E-state index contributed by atoms with van der Waals surface area (Å²) in [5.74, 6) is 0.942. The molecule has 0 unspecified atom stereocenters. The first-order valence-electron chi connectivity index (χ1n) is 9.27. The summed E-state index contributed by atoms with van der Waals surface area (Å²) in [6, 6.07) is 11.1. The molecule has 0 bridgehead atoms. The molecule has 0 fully saturated rings. The quantitative estimate of drug-likeness (QED) is 0.746. The van der Waals surface area contributed by atoms with E-state index < -0.39 is 0 Å². The average Bonchev–Trinajstić information content (AvgIpc) is 2.71. The molecule has 0 aromatic heterocycles. The van der Waals surface area contributed by atoms with Gasteiger partial charge in [-0.05, 0) is 55.0 Å². The molecule has 0 radical (unpaired) electrons. The summed E-state index contributed by atoms with van der Waals surface area (Å²) >= 11 is 0. The lowest BCUT2D eigenvalue weighted by atomic mass is 9.89. The summed E-state index contributed by atoms with van der Waals surface area (Å²) in [7, 11) is 3.10. The molecular formula is C22H25NO4. The Morgan fingerprint density at radius 2 is 1.63 bits per heavy atom. The van der Waals surface area contributed by atoms with Crippen LogP contribution in [0, 0.1) is 0 Å². The fraction of sp³-hybridized carbons (Fsp3) is 0.364. The predicted octanol–water partition coefficient (Wildman–Crippen LogP) is 4.18. The molecule has 2 aromatic rings. The Morgan fingerprint density at radius 3 is 2.37 bits per heavy atom. The number of benzene rings is 2. The van der Waals surface area contributed by atoms with Crippen molar-refractivity contribution in [2.45, 2.75) is 38.5 Å². The van der Waals surface area contributed by atoms with E-state index in [0.717, 1.165) is 12.8 Å². The molecule has 0 spiro atoms. The Labute approximate surface area is 159 Å². The van der Waals surface area contributed by atoms with Gasteiger partial charge in [-0.25, -0.2) is 0 Å². The smallest absolute Gasteiger partial charge is 0.224 e. The van der Waals surface area contributed by atoms with Gasteiger partial charge >= 0.3 is 0 Å². The minimum absolute atomic E-state index is 0.00540. The number of Topliss-reactive ketones (excluding diaryl/α,β-unsaturated/α-hetero) is 1. The van der Waals surface area contributed by atoms with Gasteiger partial charge in [-0.3, -0.25) is 9.59 Å². The number of carbonyl (C=O) groups excluding carboxylic acids is 2. The van der Waals surface area contributed by atoms with Crippen molar-refractivity contribution in [1.29, 1.82) is 0 Å². The highest BCUT2D eigenvalue weighted by atomic mass is 16.5. The first kappa shape index (κ1) is 19.0. The molecule has 0 atom stereocenters. The second-order valence-corrected chi connectivity index (χ2v) is 6.73. The Morgan fingerprint density at radius 1 is 0.889 bits per heavy atom. The van der Waals surface area contributed by atoms with Crippen LogP contribution in [0.2, 0.25) is 0 Å². The van der Waals surface area contributed by atoms with Crippen LogP contribution in [-0.4, -0.2) is 25.9 Å². The van der Waals surface area contributed by atoms with Crippen LogP contribution in [0.1, 0.15) is 47.2 Å². The highest BCUT2D eigenvalue weighted by molar-refractivity contribution is 6.00. The monoisotopic (exact) mass is 367 g/mol. The number of aryl methyl sites for hydroxylation is 2. The second-order valence-electron chi connectivity index (χ2n) is 6.73. The lowest BCUT2D eigenvalue weighted by molar-refractivity contribution is -0.116. The van der Waals surface area contributed by atoms with E-state index in [-0.39, 0.29) is 24.5 Å². The van der Waals surface area contributed by atoms with Crippen LogP contribution in [0.15, 0.2) is 36.4 Å². The van der Waals surface area contributed by atoms with Gasteiger partial charge in [-0.1, -0.05) is 12.1 Å². The Bertz CT molecular complexity index is 844. The topological polar surface area (TPSA) is 64.6 Å². The highest BCUT2D eigenvalue weighted by Gasteiger charge is 2.14. The number of methoxy groups -OCH3 is 2. The number of nitrogens with one attached hydrogen (secondary N) is 1. The van der Waals surface area contributed by atoms with Crippen LogP contribution < -0.4 is 14.8 Å². The standard InChI is InChI=1S/C22H25NO4/c1-26-20-11-9-18(14-21(20)27-2)23-22(25)12-10-19(24)17-8-7-15-5-3-4-6-16(15)13-17/h7-9,11,13-14H,3-6,10,12H2,1-2H3,(H,23,25). The molecule has 5 nitrogen and oxygen atoms in total. The van der Waals surface area contributed by atoms with E-state index in [2.05, 4.69) is 11.4 Å². The first-order valence-corrected chi connectivity index (χ1v) is 9.27. The van der Waals surface area contributed by atoms with Crippen molar-refractivity contribution >= 4 is 17.4 Å².